The lowest BCUT2D eigenvalue weighted by atomic mass is 9.99. The highest BCUT2D eigenvalue weighted by molar-refractivity contribution is 7.99. The molecule has 3 rings (SSSR count). The maximum absolute atomic E-state index is 13.5. The summed E-state index contributed by atoms with van der Waals surface area (Å²) in [4.78, 5) is 39.1. The van der Waals surface area contributed by atoms with Crippen LogP contribution in [0.25, 0.3) is 0 Å². The fraction of sp³-hybridized carbons (Fsp3) is 0.375. The highest BCUT2D eigenvalue weighted by atomic mass is 32.2. The van der Waals surface area contributed by atoms with E-state index in [9.17, 15) is 27.6 Å². The lowest BCUT2D eigenvalue weighted by Gasteiger charge is -2.25. The van der Waals surface area contributed by atoms with Crippen molar-refractivity contribution < 1.29 is 32.3 Å². The zero-order valence-corrected chi connectivity index (χ0v) is 20.2. The zero-order chi connectivity index (χ0) is 25.8. The van der Waals surface area contributed by atoms with Crippen LogP contribution in [0.1, 0.15) is 31.9 Å². The molecule has 0 radical (unpaired) electrons. The number of fused-ring (bicyclic) bond motifs is 1. The molecule has 1 heterocycles. The van der Waals surface area contributed by atoms with Crippen LogP contribution in [-0.2, 0) is 26.9 Å². The number of ether oxygens (including phenoxy) is 1. The molecule has 11 heteroatoms. The second-order valence-corrected chi connectivity index (χ2v) is 9.98. The van der Waals surface area contributed by atoms with Gasteiger partial charge >= 0.3 is 12.3 Å². The third-order valence-corrected chi connectivity index (χ3v) is 6.10. The van der Waals surface area contributed by atoms with Gasteiger partial charge in [0.2, 0.25) is 11.8 Å². The van der Waals surface area contributed by atoms with Crippen LogP contribution in [-0.4, -0.2) is 41.3 Å². The average molecular weight is 510 g/mol. The van der Waals surface area contributed by atoms with E-state index in [-0.39, 0.29) is 11.3 Å². The van der Waals surface area contributed by atoms with Crippen molar-refractivity contribution in [3.8, 4) is 0 Å². The lowest BCUT2D eigenvalue weighted by molar-refractivity contribution is -0.138. The Bertz CT molecular complexity index is 1100. The Hall–Kier alpha value is -3.21. The first-order valence-electron chi connectivity index (χ1n) is 10.8. The Morgan fingerprint density at radius 2 is 1.77 bits per heavy atom. The van der Waals surface area contributed by atoms with E-state index in [2.05, 4.69) is 16.0 Å². The molecule has 1 unspecified atom stereocenters. The quantitative estimate of drug-likeness (QED) is 0.556. The highest BCUT2D eigenvalue weighted by Gasteiger charge is 2.36. The summed E-state index contributed by atoms with van der Waals surface area (Å²) in [5, 5.41) is 7.66. The Labute approximate surface area is 205 Å². The van der Waals surface area contributed by atoms with Crippen LogP contribution in [0.5, 0.6) is 0 Å². The van der Waals surface area contributed by atoms with E-state index in [1.165, 1.54) is 30.0 Å². The first-order chi connectivity index (χ1) is 16.3. The molecule has 188 valence electrons. The van der Waals surface area contributed by atoms with Gasteiger partial charge in [0.15, 0.2) is 0 Å². The molecule has 0 bridgehead atoms. The fourth-order valence-corrected chi connectivity index (χ4v) is 4.43. The number of carbonyl (C=O) groups is 3. The Morgan fingerprint density at radius 1 is 1.11 bits per heavy atom. The molecule has 7 nitrogen and oxygen atoms in total. The number of para-hydroxylation sites is 1. The summed E-state index contributed by atoms with van der Waals surface area (Å²) in [5.41, 5.74) is -1.38. The molecule has 0 saturated carbocycles. The second-order valence-electron chi connectivity index (χ2n) is 8.92. The maximum atomic E-state index is 13.5. The monoisotopic (exact) mass is 509 g/mol. The number of alkyl halides is 3. The van der Waals surface area contributed by atoms with Gasteiger partial charge in [-0.3, -0.25) is 9.59 Å². The van der Waals surface area contributed by atoms with Gasteiger partial charge in [0.25, 0.3) is 0 Å². The molecular weight excluding hydrogens is 483 g/mol. The van der Waals surface area contributed by atoms with Crippen molar-refractivity contribution in [1.29, 1.82) is 0 Å². The van der Waals surface area contributed by atoms with Crippen molar-refractivity contribution in [1.82, 2.24) is 10.6 Å². The van der Waals surface area contributed by atoms with Crippen molar-refractivity contribution in [3.05, 3.63) is 59.7 Å². The van der Waals surface area contributed by atoms with Crippen LogP contribution in [0, 0.1) is 0 Å². The van der Waals surface area contributed by atoms with Crippen molar-refractivity contribution >= 4 is 35.4 Å². The third-order valence-electron chi connectivity index (χ3n) is 4.94. The van der Waals surface area contributed by atoms with Crippen molar-refractivity contribution in [2.45, 2.75) is 55.9 Å². The van der Waals surface area contributed by atoms with E-state index in [0.717, 1.165) is 11.0 Å². The van der Waals surface area contributed by atoms with Gasteiger partial charge in [-0.05, 0) is 44.5 Å². The molecule has 0 aliphatic carbocycles. The van der Waals surface area contributed by atoms with Crippen LogP contribution in [0.4, 0.5) is 23.7 Å². The van der Waals surface area contributed by atoms with E-state index < -0.39 is 53.8 Å². The molecule has 1 aliphatic heterocycles. The standard InChI is InChI=1S/C24H26F3N3O4S/c1-23(2,3)34-22(33)30-17(12-14-8-4-5-9-15(14)24(25,26)27)20(31)29-18-13-35-19-11-7-6-10-16(19)28-21(18)32/h4-11,17-18H,12-13H2,1-3H3,(H,28,32)(H,29,31)(H,30,33)/t17?,18-/m1/s1. The molecule has 0 aromatic heterocycles. The predicted molar refractivity (Wildman–Crippen MR) is 126 cm³/mol. The SMILES string of the molecule is CC(C)(C)OC(=O)NC(Cc1ccccc1C(F)(F)F)C(=O)N[C@@H]1CSc2ccccc2NC1=O. The normalized spacial score (nSPS) is 16.9. The maximum Gasteiger partial charge on any atom is 0.416 e. The average Bonchev–Trinajstić information content (AvgIpc) is 2.90. The molecule has 3 N–H and O–H groups in total. The third kappa shape index (κ3) is 7.38. The van der Waals surface area contributed by atoms with E-state index in [4.69, 9.17) is 4.74 Å². The Balaban J connectivity index is 1.81. The van der Waals surface area contributed by atoms with Crippen molar-refractivity contribution in [3.63, 3.8) is 0 Å². The molecule has 0 spiro atoms. The summed E-state index contributed by atoms with van der Waals surface area (Å²) >= 11 is 1.35. The molecule has 0 fully saturated rings. The summed E-state index contributed by atoms with van der Waals surface area (Å²) in [6, 6.07) is 9.55. The summed E-state index contributed by atoms with van der Waals surface area (Å²) in [5.74, 6) is -1.07. The first-order valence-corrected chi connectivity index (χ1v) is 11.8. The number of halogens is 3. The number of rotatable bonds is 5. The van der Waals surface area contributed by atoms with Gasteiger partial charge in [0.1, 0.15) is 17.7 Å². The lowest BCUT2D eigenvalue weighted by Crippen LogP contribution is -2.54. The van der Waals surface area contributed by atoms with Crippen LogP contribution in [0.3, 0.4) is 0 Å². The topological polar surface area (TPSA) is 96.5 Å². The molecule has 35 heavy (non-hydrogen) atoms. The van der Waals surface area contributed by atoms with Gasteiger partial charge in [-0.2, -0.15) is 13.2 Å². The van der Waals surface area contributed by atoms with Crippen LogP contribution in [0.15, 0.2) is 53.4 Å². The number of amides is 3. The summed E-state index contributed by atoms with van der Waals surface area (Å²) < 4.78 is 45.7. The zero-order valence-electron chi connectivity index (χ0n) is 19.4. The number of hydrogen-bond acceptors (Lipinski definition) is 5. The number of thioether (sulfide) groups is 1. The summed E-state index contributed by atoms with van der Waals surface area (Å²) in [6.07, 6.45) is -6.07. The predicted octanol–water partition coefficient (Wildman–Crippen LogP) is 4.37. The molecule has 2 aromatic carbocycles. The number of carbonyl (C=O) groups excluding carboxylic acids is 3. The fourth-order valence-electron chi connectivity index (χ4n) is 3.40. The van der Waals surface area contributed by atoms with Gasteiger partial charge in [0, 0.05) is 17.1 Å². The largest absolute Gasteiger partial charge is 0.444 e. The minimum atomic E-state index is -4.65. The van der Waals surface area contributed by atoms with Crippen LogP contribution >= 0.6 is 11.8 Å². The Morgan fingerprint density at radius 3 is 2.46 bits per heavy atom. The number of benzene rings is 2. The first kappa shape index (κ1) is 26.4. The van der Waals surface area contributed by atoms with Crippen molar-refractivity contribution in [2.24, 2.45) is 0 Å². The molecule has 0 saturated heterocycles. The molecule has 2 aromatic rings. The number of nitrogens with one attached hydrogen (secondary N) is 3. The van der Waals surface area contributed by atoms with Gasteiger partial charge in [-0.25, -0.2) is 4.79 Å². The second kappa shape index (κ2) is 10.6. The highest BCUT2D eigenvalue weighted by Crippen LogP contribution is 2.33. The Kier molecular flexibility index (Phi) is 7.99. The number of alkyl carbamates (subject to hydrolysis) is 1. The summed E-state index contributed by atoms with van der Waals surface area (Å²) in [6.45, 7) is 4.85. The van der Waals surface area contributed by atoms with Gasteiger partial charge in [0.05, 0.1) is 11.3 Å². The molecule has 2 atom stereocenters. The van der Waals surface area contributed by atoms with Crippen molar-refractivity contribution in [2.75, 3.05) is 11.1 Å². The van der Waals surface area contributed by atoms with Crippen LogP contribution < -0.4 is 16.0 Å². The minimum Gasteiger partial charge on any atom is -0.444 e. The van der Waals surface area contributed by atoms with E-state index >= 15 is 0 Å². The van der Waals surface area contributed by atoms with E-state index in [1.807, 2.05) is 12.1 Å². The molecule has 1 aliphatic rings. The molecule has 3 amide bonds. The van der Waals surface area contributed by atoms with Gasteiger partial charge < -0.3 is 20.7 Å². The minimum absolute atomic E-state index is 0.177. The van der Waals surface area contributed by atoms with Crippen LogP contribution in [0.2, 0.25) is 0 Å². The number of anilines is 1. The molecular formula is C24H26F3N3O4S. The van der Waals surface area contributed by atoms with Gasteiger partial charge in [-0.15, -0.1) is 11.8 Å². The van der Waals surface area contributed by atoms with E-state index in [1.54, 1.807) is 32.9 Å². The smallest absolute Gasteiger partial charge is 0.416 e. The van der Waals surface area contributed by atoms with Gasteiger partial charge in [-0.1, -0.05) is 30.3 Å². The number of hydrogen-bond donors (Lipinski definition) is 3. The summed E-state index contributed by atoms with van der Waals surface area (Å²) in [7, 11) is 0. The van der Waals surface area contributed by atoms with E-state index in [0.29, 0.717) is 5.69 Å².